The van der Waals surface area contributed by atoms with Gasteiger partial charge in [-0.3, -0.25) is 14.4 Å². The highest BCUT2D eigenvalue weighted by Crippen LogP contribution is 2.33. The predicted octanol–water partition coefficient (Wildman–Crippen LogP) is 3.34. The van der Waals surface area contributed by atoms with E-state index in [9.17, 15) is 9.59 Å². The molecular weight excluding hydrogens is 468 g/mol. The van der Waals surface area contributed by atoms with Gasteiger partial charge in [0.05, 0.1) is 18.3 Å². The van der Waals surface area contributed by atoms with Crippen LogP contribution in [0.25, 0.3) is 0 Å². The molecule has 0 bridgehead atoms. The van der Waals surface area contributed by atoms with Gasteiger partial charge in [0.2, 0.25) is 11.9 Å². The van der Waals surface area contributed by atoms with Crippen LogP contribution in [0.5, 0.6) is 0 Å². The first kappa shape index (κ1) is 22.9. The number of likely N-dealkylation sites (tertiary alicyclic amines) is 1. The van der Waals surface area contributed by atoms with Gasteiger partial charge in [0.1, 0.15) is 5.82 Å². The van der Waals surface area contributed by atoms with Crippen LogP contribution in [0.3, 0.4) is 0 Å². The van der Waals surface area contributed by atoms with Crippen LogP contribution in [0.4, 0.5) is 22.2 Å². The molecule has 0 spiro atoms. The second-order valence-corrected chi connectivity index (χ2v) is 8.96. The maximum absolute atomic E-state index is 13.8. The molecular formula is C24H25ClN8O2. The average Bonchev–Trinajstić information content (AvgIpc) is 3.46. The monoisotopic (exact) mass is 492 g/mol. The molecule has 1 atom stereocenters. The number of fused-ring (bicyclic) bond motifs is 1. The molecule has 3 amide bonds. The summed E-state index contributed by atoms with van der Waals surface area (Å²) in [6, 6.07) is 9.48. The van der Waals surface area contributed by atoms with Crippen molar-refractivity contribution in [1.29, 1.82) is 0 Å². The quantitative estimate of drug-likeness (QED) is 0.530. The van der Waals surface area contributed by atoms with Crippen molar-refractivity contribution in [1.82, 2.24) is 29.5 Å². The molecule has 3 aromatic rings. The lowest BCUT2D eigenvalue weighted by molar-refractivity contribution is -0.125. The highest BCUT2D eigenvalue weighted by atomic mass is 35.5. The zero-order valence-corrected chi connectivity index (χ0v) is 20.0. The molecule has 2 aliphatic rings. The van der Waals surface area contributed by atoms with E-state index in [4.69, 9.17) is 16.6 Å². The van der Waals surface area contributed by atoms with Crippen LogP contribution in [0.15, 0.2) is 55.4 Å². The molecule has 1 saturated heterocycles. The van der Waals surface area contributed by atoms with E-state index in [1.54, 1.807) is 38.8 Å². The summed E-state index contributed by atoms with van der Waals surface area (Å²) in [5, 5.41) is 7.50. The summed E-state index contributed by atoms with van der Waals surface area (Å²) >= 11 is 6.18. The molecule has 0 saturated carbocycles. The van der Waals surface area contributed by atoms with Crippen LogP contribution in [0.2, 0.25) is 5.15 Å². The summed E-state index contributed by atoms with van der Waals surface area (Å²) in [6.07, 6.45) is 5.41. The molecule has 2 aliphatic heterocycles. The lowest BCUT2D eigenvalue weighted by Gasteiger charge is -2.39. The normalized spacial score (nSPS) is 17.5. The van der Waals surface area contributed by atoms with Crippen molar-refractivity contribution in [2.24, 2.45) is 7.05 Å². The fourth-order valence-corrected chi connectivity index (χ4v) is 4.71. The van der Waals surface area contributed by atoms with Gasteiger partial charge in [-0.1, -0.05) is 48.5 Å². The molecule has 4 heterocycles. The van der Waals surface area contributed by atoms with Crippen molar-refractivity contribution in [2.45, 2.75) is 25.6 Å². The average molecular weight is 493 g/mol. The number of benzene rings is 1. The molecule has 1 aromatic carbocycles. The number of aryl methyl sites for hydroxylation is 1. The Bertz CT molecular complexity index is 1280. The molecule has 5 rings (SSSR count). The second-order valence-electron chi connectivity index (χ2n) is 8.60. The van der Waals surface area contributed by atoms with E-state index in [0.717, 1.165) is 11.1 Å². The third kappa shape index (κ3) is 4.57. The number of amides is 3. The summed E-state index contributed by atoms with van der Waals surface area (Å²) in [5.41, 5.74) is 2.43. The van der Waals surface area contributed by atoms with Crippen molar-refractivity contribution >= 4 is 41.0 Å². The van der Waals surface area contributed by atoms with Gasteiger partial charge in [-0.05, 0) is 18.1 Å². The number of rotatable bonds is 6. The molecule has 11 heteroatoms. The standard InChI is InChI=1S/C24H25ClN8O2/c1-3-20(34)31-10-9-18(14-31)33-22-17(13-32(24(33)35)12-16-7-5-4-6-8-16)11-26-23(28-22)27-19-15-30(2)29-21(19)25/h3-8,11,15,18H,1,9-10,12-14H2,2H3,(H,26,27,28)/t18-/m0/s1. The molecule has 0 radical (unpaired) electrons. The topological polar surface area (TPSA) is 99.5 Å². The number of carbonyl (C=O) groups excluding carboxylic acids is 2. The smallest absolute Gasteiger partial charge is 0.326 e. The van der Waals surface area contributed by atoms with Gasteiger partial charge in [-0.15, -0.1) is 0 Å². The Morgan fingerprint density at radius 3 is 2.83 bits per heavy atom. The highest BCUT2D eigenvalue weighted by molar-refractivity contribution is 6.32. The lowest BCUT2D eigenvalue weighted by Crippen LogP contribution is -2.52. The number of aromatic nitrogens is 4. The van der Waals surface area contributed by atoms with Crippen molar-refractivity contribution in [3.8, 4) is 0 Å². The zero-order valence-electron chi connectivity index (χ0n) is 19.3. The number of nitrogens with zero attached hydrogens (tertiary/aromatic N) is 7. The Labute approximate surface area is 207 Å². The van der Waals surface area contributed by atoms with Crippen molar-refractivity contribution in [2.75, 3.05) is 23.3 Å². The number of urea groups is 1. The van der Waals surface area contributed by atoms with E-state index < -0.39 is 0 Å². The number of anilines is 3. The number of hydrogen-bond acceptors (Lipinski definition) is 6. The van der Waals surface area contributed by atoms with E-state index in [2.05, 4.69) is 22.0 Å². The number of nitrogens with one attached hydrogen (secondary N) is 1. The van der Waals surface area contributed by atoms with Gasteiger partial charge in [-0.25, -0.2) is 9.78 Å². The largest absolute Gasteiger partial charge is 0.337 e. The van der Waals surface area contributed by atoms with Gasteiger partial charge in [0.25, 0.3) is 0 Å². The summed E-state index contributed by atoms with van der Waals surface area (Å²) in [6.45, 7) is 5.40. The summed E-state index contributed by atoms with van der Waals surface area (Å²) in [5.74, 6) is 0.703. The lowest BCUT2D eigenvalue weighted by atomic mass is 10.1. The van der Waals surface area contributed by atoms with Crippen LogP contribution in [-0.4, -0.2) is 60.6 Å². The fraction of sp³-hybridized carbons (Fsp3) is 0.292. The number of halogens is 1. The molecule has 0 unspecified atom stereocenters. The first-order valence-electron chi connectivity index (χ1n) is 11.3. The Kier molecular flexibility index (Phi) is 6.12. The Hall–Kier alpha value is -3.92. The van der Waals surface area contributed by atoms with Crippen LogP contribution in [-0.2, 0) is 24.9 Å². The summed E-state index contributed by atoms with van der Waals surface area (Å²) in [4.78, 5) is 40.3. The molecule has 35 heavy (non-hydrogen) atoms. The van der Waals surface area contributed by atoms with Gasteiger partial charge in [-0.2, -0.15) is 10.1 Å². The van der Waals surface area contributed by atoms with Crippen LogP contribution in [0.1, 0.15) is 17.5 Å². The Morgan fingerprint density at radius 1 is 1.31 bits per heavy atom. The SMILES string of the molecule is C=CC(=O)N1CC[C@H](N2C(=O)N(Cc3ccccc3)Cc3cnc(Nc4cn(C)nc4Cl)nc32)C1. The van der Waals surface area contributed by atoms with Crippen LogP contribution in [0, 0.1) is 0 Å². The zero-order chi connectivity index (χ0) is 24.5. The predicted molar refractivity (Wildman–Crippen MR) is 132 cm³/mol. The van der Waals surface area contributed by atoms with Gasteiger partial charge < -0.3 is 15.1 Å². The number of carbonyl (C=O) groups is 2. The fourth-order valence-electron chi connectivity index (χ4n) is 4.50. The van der Waals surface area contributed by atoms with Crippen LogP contribution < -0.4 is 10.2 Å². The minimum absolute atomic E-state index is 0.144. The minimum atomic E-state index is -0.214. The van der Waals surface area contributed by atoms with Gasteiger partial charge in [0, 0.05) is 44.6 Å². The second kappa shape index (κ2) is 9.38. The first-order chi connectivity index (χ1) is 16.9. The first-order valence-corrected chi connectivity index (χ1v) is 11.7. The van der Waals surface area contributed by atoms with Crippen molar-refractivity contribution in [3.63, 3.8) is 0 Å². The van der Waals surface area contributed by atoms with Gasteiger partial charge >= 0.3 is 6.03 Å². The van der Waals surface area contributed by atoms with E-state index in [-0.39, 0.29) is 18.0 Å². The van der Waals surface area contributed by atoms with E-state index in [0.29, 0.717) is 55.2 Å². The van der Waals surface area contributed by atoms with Crippen LogP contribution >= 0.6 is 11.6 Å². The molecule has 0 aliphatic carbocycles. The molecule has 10 nitrogen and oxygen atoms in total. The third-order valence-corrected chi connectivity index (χ3v) is 6.45. The van der Waals surface area contributed by atoms with E-state index in [1.807, 2.05) is 30.3 Å². The molecule has 1 N–H and O–H groups in total. The minimum Gasteiger partial charge on any atom is -0.337 e. The summed E-state index contributed by atoms with van der Waals surface area (Å²) < 4.78 is 1.59. The molecule has 180 valence electrons. The Balaban J connectivity index is 1.48. The maximum atomic E-state index is 13.8. The highest BCUT2D eigenvalue weighted by Gasteiger charge is 2.40. The maximum Gasteiger partial charge on any atom is 0.326 e. The third-order valence-electron chi connectivity index (χ3n) is 6.17. The Morgan fingerprint density at radius 2 is 2.11 bits per heavy atom. The van der Waals surface area contributed by atoms with Crippen molar-refractivity contribution in [3.05, 3.63) is 71.7 Å². The van der Waals surface area contributed by atoms with E-state index in [1.165, 1.54) is 6.08 Å². The molecule has 1 fully saturated rings. The molecule has 2 aromatic heterocycles. The van der Waals surface area contributed by atoms with Gasteiger partial charge in [0.15, 0.2) is 5.15 Å². The summed E-state index contributed by atoms with van der Waals surface area (Å²) in [7, 11) is 1.77. The van der Waals surface area contributed by atoms with E-state index >= 15 is 0 Å². The van der Waals surface area contributed by atoms with Crippen molar-refractivity contribution < 1.29 is 9.59 Å². The number of hydrogen-bond donors (Lipinski definition) is 1.